The first kappa shape index (κ1) is 27.1. The Balaban J connectivity index is 1.48. The summed E-state index contributed by atoms with van der Waals surface area (Å²) in [7, 11) is -2.68. The van der Waals surface area contributed by atoms with Crippen LogP contribution in [0.1, 0.15) is 67.2 Å². The van der Waals surface area contributed by atoms with Gasteiger partial charge >= 0.3 is 5.97 Å². The van der Waals surface area contributed by atoms with E-state index in [2.05, 4.69) is 95.3 Å². The van der Waals surface area contributed by atoms with Gasteiger partial charge in [-0.25, -0.2) is 4.79 Å². The molecule has 0 heterocycles. The standard InChI is InChI=1S/C33H42O4Si/c1-7-36-30(35)28-26-18-19-33(26,6)27-21-32(5,20-25(27)29(28)34)22-37-38(31(2,3)4,23-14-10-8-11-15-23)24-16-12-9-13-17-24/h8-17,25,27H,7,18-22H2,1-6H3/t25-,27-,32-,33-/m0/s1. The molecule has 2 aromatic carbocycles. The molecule has 0 spiro atoms. The summed E-state index contributed by atoms with van der Waals surface area (Å²) in [6, 6.07) is 21.5. The fourth-order valence-corrected chi connectivity index (χ4v) is 12.5. The fourth-order valence-electron chi connectivity index (χ4n) is 7.76. The Hall–Kier alpha value is -2.50. The largest absolute Gasteiger partial charge is 0.462 e. The van der Waals surface area contributed by atoms with Crippen molar-refractivity contribution < 1.29 is 18.8 Å². The van der Waals surface area contributed by atoms with Crippen LogP contribution in [0.5, 0.6) is 0 Å². The molecule has 5 heteroatoms. The van der Waals surface area contributed by atoms with Crippen molar-refractivity contribution in [2.75, 3.05) is 13.2 Å². The minimum Gasteiger partial charge on any atom is -0.462 e. The molecule has 0 saturated heterocycles. The second kappa shape index (κ2) is 9.60. The van der Waals surface area contributed by atoms with Gasteiger partial charge in [0.25, 0.3) is 8.32 Å². The highest BCUT2D eigenvalue weighted by molar-refractivity contribution is 6.99. The van der Waals surface area contributed by atoms with Gasteiger partial charge in [0.1, 0.15) is 5.57 Å². The van der Waals surface area contributed by atoms with Gasteiger partial charge < -0.3 is 9.16 Å². The van der Waals surface area contributed by atoms with Crippen LogP contribution in [0.25, 0.3) is 0 Å². The normalized spacial score (nSPS) is 28.9. The van der Waals surface area contributed by atoms with Crippen molar-refractivity contribution in [3.8, 4) is 0 Å². The molecule has 5 rings (SSSR count). The van der Waals surface area contributed by atoms with Gasteiger partial charge in [-0.1, -0.05) is 95.3 Å². The summed E-state index contributed by atoms with van der Waals surface area (Å²) in [6.45, 7) is 14.2. The zero-order chi connectivity index (χ0) is 27.3. The third kappa shape index (κ3) is 4.13. The first-order valence-corrected chi connectivity index (χ1v) is 16.1. The molecule has 3 aliphatic carbocycles. The van der Waals surface area contributed by atoms with Crippen LogP contribution >= 0.6 is 0 Å². The average molecular weight is 531 g/mol. The monoisotopic (exact) mass is 530 g/mol. The molecule has 2 saturated carbocycles. The number of hydrogen-bond acceptors (Lipinski definition) is 4. The molecule has 0 N–H and O–H groups in total. The number of allylic oxidation sites excluding steroid dienone is 1. The number of esters is 1. The van der Waals surface area contributed by atoms with E-state index in [4.69, 9.17) is 9.16 Å². The number of Topliss-reactive ketones (excluding diaryl/α,β-unsaturated/α-hetero) is 1. The Kier molecular flexibility index (Phi) is 6.84. The van der Waals surface area contributed by atoms with E-state index in [1.807, 2.05) is 0 Å². The van der Waals surface area contributed by atoms with Gasteiger partial charge in [-0.05, 0) is 70.3 Å². The predicted octanol–water partition coefficient (Wildman–Crippen LogP) is 5.84. The van der Waals surface area contributed by atoms with Crippen LogP contribution in [0.4, 0.5) is 0 Å². The van der Waals surface area contributed by atoms with Gasteiger partial charge in [0.2, 0.25) is 0 Å². The number of hydrogen-bond donors (Lipinski definition) is 0. The Morgan fingerprint density at radius 1 is 0.974 bits per heavy atom. The van der Waals surface area contributed by atoms with E-state index in [0.29, 0.717) is 12.2 Å². The molecule has 0 unspecified atom stereocenters. The minimum absolute atomic E-state index is 0.00907. The van der Waals surface area contributed by atoms with Gasteiger partial charge in [0.15, 0.2) is 5.78 Å². The minimum atomic E-state index is -2.68. The van der Waals surface area contributed by atoms with Crippen LogP contribution in [0, 0.1) is 22.7 Å². The molecule has 4 atom stereocenters. The van der Waals surface area contributed by atoms with Gasteiger partial charge in [-0.3, -0.25) is 4.79 Å². The highest BCUT2D eigenvalue weighted by Crippen LogP contribution is 2.65. The molecular formula is C33H42O4Si. The van der Waals surface area contributed by atoms with Crippen molar-refractivity contribution in [1.82, 2.24) is 0 Å². The van der Waals surface area contributed by atoms with Crippen molar-refractivity contribution in [3.63, 3.8) is 0 Å². The second-order valence-corrected chi connectivity index (χ2v) is 17.5. The van der Waals surface area contributed by atoms with Gasteiger partial charge in [0.05, 0.1) is 6.61 Å². The van der Waals surface area contributed by atoms with E-state index >= 15 is 0 Å². The maximum absolute atomic E-state index is 13.8. The van der Waals surface area contributed by atoms with Crippen LogP contribution < -0.4 is 10.4 Å². The van der Waals surface area contributed by atoms with Crippen LogP contribution in [-0.2, 0) is 18.8 Å². The molecule has 0 amide bonds. The zero-order valence-electron chi connectivity index (χ0n) is 23.8. The SMILES string of the molecule is CCOC(=O)C1=C2CC[C@]2(C)[C@H]2C[C@@](C)(CO[Si](c3ccccc3)(c3ccccc3)C(C)(C)C)C[C@@H]2C1=O. The maximum atomic E-state index is 13.8. The molecule has 202 valence electrons. The summed E-state index contributed by atoms with van der Waals surface area (Å²) >= 11 is 0. The van der Waals surface area contributed by atoms with E-state index in [0.717, 1.165) is 31.3 Å². The van der Waals surface area contributed by atoms with Gasteiger partial charge in [-0.15, -0.1) is 0 Å². The summed E-state index contributed by atoms with van der Waals surface area (Å²) in [5.41, 5.74) is 1.17. The molecule has 38 heavy (non-hydrogen) atoms. The molecule has 2 aromatic rings. The third-order valence-electron chi connectivity index (χ3n) is 9.73. The third-order valence-corrected chi connectivity index (χ3v) is 14.7. The topological polar surface area (TPSA) is 52.6 Å². The van der Waals surface area contributed by atoms with Crippen LogP contribution in [0.2, 0.25) is 5.04 Å². The maximum Gasteiger partial charge on any atom is 0.341 e. The highest BCUT2D eigenvalue weighted by Gasteiger charge is 2.62. The second-order valence-electron chi connectivity index (χ2n) is 13.2. The molecule has 3 aliphatic rings. The Bertz CT molecular complexity index is 1210. The Morgan fingerprint density at radius 3 is 2.03 bits per heavy atom. The summed E-state index contributed by atoms with van der Waals surface area (Å²) in [4.78, 5) is 26.6. The van der Waals surface area contributed by atoms with E-state index in [-0.39, 0.29) is 40.1 Å². The first-order valence-electron chi connectivity index (χ1n) is 14.2. The lowest BCUT2D eigenvalue weighted by molar-refractivity contribution is -0.142. The van der Waals surface area contributed by atoms with Gasteiger partial charge in [0, 0.05) is 12.5 Å². The number of carbonyl (C=O) groups is 2. The number of ketones is 1. The van der Waals surface area contributed by atoms with Crippen molar-refractivity contribution in [2.24, 2.45) is 22.7 Å². The van der Waals surface area contributed by atoms with Crippen LogP contribution in [-0.4, -0.2) is 33.3 Å². The molecule has 0 bridgehead atoms. The lowest BCUT2D eigenvalue weighted by Crippen LogP contribution is -2.67. The zero-order valence-corrected chi connectivity index (χ0v) is 24.8. The summed E-state index contributed by atoms with van der Waals surface area (Å²) in [5.74, 6) is -0.301. The summed E-state index contributed by atoms with van der Waals surface area (Å²) in [6.07, 6.45) is 3.55. The lowest BCUT2D eigenvalue weighted by Gasteiger charge is -2.52. The smallest absolute Gasteiger partial charge is 0.341 e. The summed E-state index contributed by atoms with van der Waals surface area (Å²) < 4.78 is 12.7. The van der Waals surface area contributed by atoms with Crippen LogP contribution in [0.15, 0.2) is 71.8 Å². The summed E-state index contributed by atoms with van der Waals surface area (Å²) in [5, 5.41) is 2.44. The van der Waals surface area contributed by atoms with Crippen LogP contribution in [0.3, 0.4) is 0 Å². The van der Waals surface area contributed by atoms with E-state index < -0.39 is 14.3 Å². The quantitative estimate of drug-likeness (QED) is 0.256. The predicted molar refractivity (Wildman–Crippen MR) is 154 cm³/mol. The number of benzene rings is 2. The highest BCUT2D eigenvalue weighted by atomic mass is 28.4. The number of rotatable bonds is 7. The van der Waals surface area contributed by atoms with E-state index in [1.165, 1.54) is 10.4 Å². The lowest BCUT2D eigenvalue weighted by atomic mass is 9.51. The van der Waals surface area contributed by atoms with Crippen molar-refractivity contribution in [1.29, 1.82) is 0 Å². The molecule has 2 fully saturated rings. The Labute approximate surface area is 228 Å². The molecule has 4 nitrogen and oxygen atoms in total. The molecule has 0 aromatic heterocycles. The first-order chi connectivity index (χ1) is 18.0. The number of ether oxygens (including phenoxy) is 1. The van der Waals surface area contributed by atoms with Gasteiger partial charge in [-0.2, -0.15) is 0 Å². The molecule has 0 radical (unpaired) electrons. The number of fused-ring (bicyclic) bond motifs is 3. The average Bonchev–Trinajstić information content (AvgIpc) is 3.24. The number of carbonyl (C=O) groups excluding carboxylic acids is 2. The van der Waals surface area contributed by atoms with Crippen molar-refractivity contribution in [2.45, 2.75) is 72.3 Å². The Morgan fingerprint density at radius 2 is 1.55 bits per heavy atom. The van der Waals surface area contributed by atoms with Crippen molar-refractivity contribution in [3.05, 3.63) is 71.8 Å². The van der Waals surface area contributed by atoms with Crippen molar-refractivity contribution >= 4 is 30.4 Å². The van der Waals surface area contributed by atoms with E-state index in [9.17, 15) is 9.59 Å². The van der Waals surface area contributed by atoms with E-state index in [1.54, 1.807) is 6.92 Å². The molecular weight excluding hydrogens is 488 g/mol. The fraction of sp³-hybridized carbons (Fsp3) is 0.515. The molecule has 0 aliphatic heterocycles.